The molecule has 1 N–H and O–H groups in total. The van der Waals surface area contributed by atoms with Crippen molar-refractivity contribution in [1.82, 2.24) is 5.32 Å². The molecule has 4 heteroatoms. The summed E-state index contributed by atoms with van der Waals surface area (Å²) in [7, 11) is 0. The van der Waals surface area contributed by atoms with E-state index in [1.165, 1.54) is 25.7 Å². The fraction of sp³-hybridized carbons (Fsp3) is 0.600. The minimum atomic E-state index is 0.179. The molecule has 0 aliphatic heterocycles. The predicted molar refractivity (Wildman–Crippen MR) is 84.4 cm³/mol. The molecular formula is C15H20Cl3N. The Balaban J connectivity index is 2.07. The number of hydrogen-bond donors (Lipinski definition) is 1. The highest BCUT2D eigenvalue weighted by molar-refractivity contribution is 6.48. The van der Waals surface area contributed by atoms with Crippen LogP contribution < -0.4 is 5.32 Å². The average molecular weight is 321 g/mol. The van der Waals surface area contributed by atoms with E-state index in [4.69, 9.17) is 34.8 Å². The van der Waals surface area contributed by atoms with Crippen molar-refractivity contribution in [1.29, 1.82) is 0 Å². The van der Waals surface area contributed by atoms with Crippen LogP contribution in [0.3, 0.4) is 0 Å². The van der Waals surface area contributed by atoms with E-state index >= 15 is 0 Å². The molecule has 2 rings (SSSR count). The van der Waals surface area contributed by atoms with Crippen molar-refractivity contribution < 1.29 is 0 Å². The molecule has 0 aromatic heterocycles. The molecule has 1 fully saturated rings. The molecule has 0 bridgehead atoms. The monoisotopic (exact) mass is 319 g/mol. The Hall–Kier alpha value is 0.0500. The molecule has 0 heterocycles. The molecule has 106 valence electrons. The van der Waals surface area contributed by atoms with Gasteiger partial charge in [0.1, 0.15) is 0 Å². The van der Waals surface area contributed by atoms with E-state index in [0.717, 1.165) is 11.5 Å². The van der Waals surface area contributed by atoms with E-state index in [0.29, 0.717) is 21.1 Å². The van der Waals surface area contributed by atoms with Crippen molar-refractivity contribution in [2.45, 2.75) is 51.6 Å². The van der Waals surface area contributed by atoms with Gasteiger partial charge in [-0.15, -0.1) is 0 Å². The average Bonchev–Trinajstić information content (AvgIpc) is 2.89. The van der Waals surface area contributed by atoms with E-state index in [9.17, 15) is 0 Å². The maximum Gasteiger partial charge on any atom is 0.0781 e. The summed E-state index contributed by atoms with van der Waals surface area (Å²) in [5.74, 6) is 0.781. The van der Waals surface area contributed by atoms with Gasteiger partial charge in [0.2, 0.25) is 0 Å². The van der Waals surface area contributed by atoms with Gasteiger partial charge < -0.3 is 5.32 Å². The fourth-order valence-corrected chi connectivity index (χ4v) is 3.66. The summed E-state index contributed by atoms with van der Waals surface area (Å²) >= 11 is 18.3. The fourth-order valence-electron chi connectivity index (χ4n) is 2.95. The Kier molecular flexibility index (Phi) is 5.42. The van der Waals surface area contributed by atoms with Crippen LogP contribution in [-0.2, 0) is 0 Å². The lowest BCUT2D eigenvalue weighted by molar-refractivity contribution is 0.352. The van der Waals surface area contributed by atoms with Crippen LogP contribution in [0.25, 0.3) is 0 Å². The van der Waals surface area contributed by atoms with Crippen LogP contribution in [0.2, 0.25) is 15.1 Å². The molecule has 0 amide bonds. The molecule has 19 heavy (non-hydrogen) atoms. The molecule has 1 aromatic carbocycles. The van der Waals surface area contributed by atoms with Crippen molar-refractivity contribution in [2.24, 2.45) is 5.92 Å². The first kappa shape index (κ1) is 15.4. The van der Waals surface area contributed by atoms with E-state index in [-0.39, 0.29) is 6.04 Å². The molecule has 2 unspecified atom stereocenters. The molecular weight excluding hydrogens is 301 g/mol. The Morgan fingerprint density at radius 1 is 1.05 bits per heavy atom. The highest BCUT2D eigenvalue weighted by Crippen LogP contribution is 2.36. The third-order valence-corrected chi connectivity index (χ3v) is 5.46. The topological polar surface area (TPSA) is 12.0 Å². The Labute approximate surface area is 130 Å². The third kappa shape index (κ3) is 3.58. The quantitative estimate of drug-likeness (QED) is 0.683. The zero-order valence-corrected chi connectivity index (χ0v) is 13.6. The molecule has 0 saturated heterocycles. The SMILES string of the molecule is CC(NC(C)C1CCCC1)c1ccc(Cl)c(Cl)c1Cl. The van der Waals surface area contributed by atoms with Gasteiger partial charge in [0.25, 0.3) is 0 Å². The van der Waals surface area contributed by atoms with E-state index in [1.807, 2.05) is 12.1 Å². The van der Waals surface area contributed by atoms with Gasteiger partial charge in [-0.05, 0) is 44.2 Å². The lowest BCUT2D eigenvalue weighted by atomic mass is 9.98. The first-order valence-corrected chi connectivity index (χ1v) is 8.03. The maximum atomic E-state index is 6.28. The molecule has 1 saturated carbocycles. The van der Waals surface area contributed by atoms with Gasteiger partial charge in [-0.25, -0.2) is 0 Å². The summed E-state index contributed by atoms with van der Waals surface area (Å²) in [6, 6.07) is 4.44. The van der Waals surface area contributed by atoms with Crippen molar-refractivity contribution >= 4 is 34.8 Å². The minimum absolute atomic E-state index is 0.179. The molecule has 0 radical (unpaired) electrons. The lowest BCUT2D eigenvalue weighted by Crippen LogP contribution is -2.34. The summed E-state index contributed by atoms with van der Waals surface area (Å²) in [6.07, 6.45) is 5.38. The molecule has 2 atom stereocenters. The Bertz CT molecular complexity index is 441. The summed E-state index contributed by atoms with van der Waals surface area (Å²) in [6.45, 7) is 4.38. The summed E-state index contributed by atoms with van der Waals surface area (Å²) in [5, 5.41) is 5.16. The van der Waals surface area contributed by atoms with Gasteiger partial charge in [0, 0.05) is 12.1 Å². The van der Waals surface area contributed by atoms with Crippen LogP contribution >= 0.6 is 34.8 Å². The highest BCUT2D eigenvalue weighted by atomic mass is 35.5. The third-order valence-electron chi connectivity index (χ3n) is 4.15. The smallest absolute Gasteiger partial charge is 0.0781 e. The summed E-state index contributed by atoms with van der Waals surface area (Å²) < 4.78 is 0. The largest absolute Gasteiger partial charge is 0.307 e. The van der Waals surface area contributed by atoms with Crippen LogP contribution in [0.5, 0.6) is 0 Å². The highest BCUT2D eigenvalue weighted by Gasteiger charge is 2.23. The predicted octanol–water partition coefficient (Wildman–Crippen LogP) is 5.88. The van der Waals surface area contributed by atoms with Gasteiger partial charge in [0.05, 0.1) is 15.1 Å². The lowest BCUT2D eigenvalue weighted by Gasteiger charge is -2.26. The van der Waals surface area contributed by atoms with Crippen LogP contribution in [0, 0.1) is 5.92 Å². The van der Waals surface area contributed by atoms with Crippen LogP contribution in [0.1, 0.15) is 51.1 Å². The van der Waals surface area contributed by atoms with Crippen molar-refractivity contribution in [3.63, 3.8) is 0 Å². The number of benzene rings is 1. The second-order valence-electron chi connectivity index (χ2n) is 5.49. The van der Waals surface area contributed by atoms with Crippen molar-refractivity contribution in [3.05, 3.63) is 32.8 Å². The van der Waals surface area contributed by atoms with Crippen LogP contribution in [0.4, 0.5) is 0 Å². The van der Waals surface area contributed by atoms with E-state index in [2.05, 4.69) is 19.2 Å². The molecule has 0 spiro atoms. The van der Waals surface area contributed by atoms with Gasteiger partial charge in [-0.2, -0.15) is 0 Å². The number of nitrogens with one attached hydrogen (secondary N) is 1. The molecule has 1 aromatic rings. The number of rotatable bonds is 4. The number of halogens is 3. The van der Waals surface area contributed by atoms with Crippen molar-refractivity contribution in [3.8, 4) is 0 Å². The van der Waals surface area contributed by atoms with Crippen LogP contribution in [0.15, 0.2) is 12.1 Å². The van der Waals surface area contributed by atoms with Gasteiger partial charge in [0.15, 0.2) is 0 Å². The molecule has 1 nitrogen and oxygen atoms in total. The summed E-state index contributed by atoms with van der Waals surface area (Å²) in [4.78, 5) is 0. The zero-order chi connectivity index (χ0) is 14.0. The van der Waals surface area contributed by atoms with Crippen LogP contribution in [-0.4, -0.2) is 6.04 Å². The molecule has 1 aliphatic rings. The van der Waals surface area contributed by atoms with Crippen molar-refractivity contribution in [2.75, 3.05) is 0 Å². The first-order valence-electron chi connectivity index (χ1n) is 6.90. The normalized spacial score (nSPS) is 19.6. The van der Waals surface area contributed by atoms with Gasteiger partial charge in [-0.1, -0.05) is 53.7 Å². The van der Waals surface area contributed by atoms with Gasteiger partial charge in [-0.3, -0.25) is 0 Å². The minimum Gasteiger partial charge on any atom is -0.307 e. The van der Waals surface area contributed by atoms with E-state index < -0.39 is 0 Å². The second-order valence-corrected chi connectivity index (χ2v) is 6.65. The van der Waals surface area contributed by atoms with E-state index in [1.54, 1.807) is 0 Å². The standard InChI is InChI=1S/C15H20Cl3N/c1-9(11-5-3-4-6-11)19-10(2)12-7-8-13(16)15(18)14(12)17/h7-11,19H,3-6H2,1-2H3. The first-order chi connectivity index (χ1) is 9.00. The summed E-state index contributed by atoms with van der Waals surface area (Å²) in [5.41, 5.74) is 1.01. The van der Waals surface area contributed by atoms with Gasteiger partial charge >= 0.3 is 0 Å². The zero-order valence-electron chi connectivity index (χ0n) is 11.3. The Morgan fingerprint density at radius 3 is 2.32 bits per heavy atom. The number of hydrogen-bond acceptors (Lipinski definition) is 1. The Morgan fingerprint density at radius 2 is 1.68 bits per heavy atom. The molecule has 1 aliphatic carbocycles. The second kappa shape index (κ2) is 6.67. The maximum absolute atomic E-state index is 6.28.